The average molecular weight is 298 g/mol. The van der Waals surface area contributed by atoms with Crippen molar-refractivity contribution in [1.82, 2.24) is 5.32 Å². The van der Waals surface area contributed by atoms with Crippen molar-refractivity contribution in [2.75, 3.05) is 6.54 Å². The molecule has 0 aliphatic carbocycles. The molecule has 0 radical (unpaired) electrons. The molecule has 2 atom stereocenters. The third kappa shape index (κ3) is 2.87. The number of halogens is 1. The van der Waals surface area contributed by atoms with Gasteiger partial charge in [0.1, 0.15) is 5.54 Å². The van der Waals surface area contributed by atoms with Crippen molar-refractivity contribution < 1.29 is 9.90 Å². The van der Waals surface area contributed by atoms with Crippen molar-refractivity contribution in [2.24, 2.45) is 5.92 Å². The summed E-state index contributed by atoms with van der Waals surface area (Å²) in [7, 11) is 0. The SMILES string of the molecule is CC1(C(=O)O)CC(Cc2cccc(Br)c2)CN1. The van der Waals surface area contributed by atoms with Crippen LogP contribution in [0.3, 0.4) is 0 Å². The Bertz CT molecular complexity index is 435. The maximum Gasteiger partial charge on any atom is 0.323 e. The number of rotatable bonds is 3. The third-order valence-corrected chi connectivity index (χ3v) is 3.86. The minimum absolute atomic E-state index is 0.394. The van der Waals surface area contributed by atoms with Gasteiger partial charge in [-0.15, -0.1) is 0 Å². The summed E-state index contributed by atoms with van der Waals surface area (Å²) in [5, 5.41) is 12.2. The molecular formula is C13H16BrNO2. The number of carbonyl (C=O) groups is 1. The molecule has 1 aromatic rings. The lowest BCUT2D eigenvalue weighted by atomic mass is 9.91. The maximum atomic E-state index is 11.1. The third-order valence-electron chi connectivity index (χ3n) is 3.36. The number of carboxylic acid groups (broad SMARTS) is 1. The van der Waals surface area contributed by atoms with Gasteiger partial charge in [-0.3, -0.25) is 4.79 Å². The van der Waals surface area contributed by atoms with Crippen molar-refractivity contribution in [1.29, 1.82) is 0 Å². The van der Waals surface area contributed by atoms with Crippen LogP contribution in [-0.2, 0) is 11.2 Å². The molecule has 17 heavy (non-hydrogen) atoms. The lowest BCUT2D eigenvalue weighted by molar-refractivity contribution is -0.143. The smallest absolute Gasteiger partial charge is 0.323 e. The van der Waals surface area contributed by atoms with Gasteiger partial charge in [-0.1, -0.05) is 28.1 Å². The lowest BCUT2D eigenvalue weighted by Crippen LogP contribution is -2.44. The highest BCUT2D eigenvalue weighted by Gasteiger charge is 2.40. The highest BCUT2D eigenvalue weighted by molar-refractivity contribution is 9.10. The van der Waals surface area contributed by atoms with Gasteiger partial charge in [0.05, 0.1) is 0 Å². The van der Waals surface area contributed by atoms with Gasteiger partial charge >= 0.3 is 5.97 Å². The van der Waals surface area contributed by atoms with Gasteiger partial charge in [-0.05, 0) is 49.9 Å². The molecule has 0 saturated carbocycles. The predicted molar refractivity (Wildman–Crippen MR) is 70.0 cm³/mol. The summed E-state index contributed by atoms with van der Waals surface area (Å²) >= 11 is 3.45. The molecule has 1 fully saturated rings. The van der Waals surface area contributed by atoms with E-state index in [0.717, 1.165) is 17.4 Å². The van der Waals surface area contributed by atoms with Crippen molar-refractivity contribution in [3.63, 3.8) is 0 Å². The van der Waals surface area contributed by atoms with E-state index in [-0.39, 0.29) is 0 Å². The molecule has 0 amide bonds. The molecule has 3 nitrogen and oxygen atoms in total. The van der Waals surface area contributed by atoms with E-state index in [4.69, 9.17) is 5.11 Å². The lowest BCUT2D eigenvalue weighted by Gasteiger charge is -2.18. The summed E-state index contributed by atoms with van der Waals surface area (Å²) in [5.74, 6) is -0.361. The van der Waals surface area contributed by atoms with E-state index < -0.39 is 11.5 Å². The number of nitrogens with one attached hydrogen (secondary N) is 1. The molecule has 0 aromatic heterocycles. The number of carboxylic acids is 1. The average Bonchev–Trinajstić information content (AvgIpc) is 2.61. The Hall–Kier alpha value is -0.870. The first-order valence-corrected chi connectivity index (χ1v) is 6.52. The first kappa shape index (κ1) is 12.6. The van der Waals surface area contributed by atoms with E-state index in [9.17, 15) is 4.79 Å². The first-order chi connectivity index (χ1) is 7.99. The molecule has 4 heteroatoms. The largest absolute Gasteiger partial charge is 0.480 e. The minimum Gasteiger partial charge on any atom is -0.480 e. The first-order valence-electron chi connectivity index (χ1n) is 5.72. The number of aliphatic carboxylic acids is 1. The van der Waals surface area contributed by atoms with E-state index in [1.54, 1.807) is 6.92 Å². The van der Waals surface area contributed by atoms with Crippen molar-refractivity contribution >= 4 is 21.9 Å². The number of benzene rings is 1. The van der Waals surface area contributed by atoms with Gasteiger partial charge in [0, 0.05) is 4.47 Å². The Labute approximate surface area is 109 Å². The molecule has 1 aliphatic rings. The van der Waals surface area contributed by atoms with Gasteiger partial charge in [0.25, 0.3) is 0 Å². The fourth-order valence-electron chi connectivity index (χ4n) is 2.40. The Balaban J connectivity index is 2.01. The molecule has 1 aromatic carbocycles. The van der Waals surface area contributed by atoms with E-state index in [2.05, 4.69) is 33.4 Å². The maximum absolute atomic E-state index is 11.1. The van der Waals surface area contributed by atoms with Crippen molar-refractivity contribution in [3.8, 4) is 0 Å². The standard InChI is InChI=1S/C13H16BrNO2/c1-13(12(16)17)7-10(8-15-13)5-9-3-2-4-11(14)6-9/h2-4,6,10,15H,5,7-8H2,1H3,(H,16,17). The second-order valence-corrected chi connectivity index (χ2v) is 5.84. The minimum atomic E-state index is -0.755. The van der Waals surface area contributed by atoms with Crippen molar-refractivity contribution in [3.05, 3.63) is 34.3 Å². The predicted octanol–water partition coefficient (Wildman–Crippen LogP) is 2.44. The summed E-state index contributed by atoms with van der Waals surface area (Å²) < 4.78 is 1.07. The highest BCUT2D eigenvalue weighted by Crippen LogP contribution is 2.27. The zero-order valence-corrected chi connectivity index (χ0v) is 11.3. The van der Waals surface area contributed by atoms with Gasteiger partial charge < -0.3 is 10.4 Å². The Morgan fingerprint density at radius 3 is 3.00 bits per heavy atom. The molecule has 2 rings (SSSR count). The normalized spacial score (nSPS) is 28.2. The van der Waals surface area contributed by atoms with Crippen LogP contribution in [-0.4, -0.2) is 23.2 Å². The Morgan fingerprint density at radius 1 is 1.65 bits per heavy atom. The molecule has 0 spiro atoms. The highest BCUT2D eigenvalue weighted by atomic mass is 79.9. The van der Waals surface area contributed by atoms with Crippen LogP contribution in [0.1, 0.15) is 18.9 Å². The Morgan fingerprint density at radius 2 is 2.41 bits per heavy atom. The zero-order valence-electron chi connectivity index (χ0n) is 9.74. The van der Waals surface area contributed by atoms with E-state index >= 15 is 0 Å². The summed E-state index contributed by atoms with van der Waals surface area (Å²) in [6.45, 7) is 2.53. The molecule has 2 N–H and O–H groups in total. The zero-order chi connectivity index (χ0) is 12.5. The molecular weight excluding hydrogens is 282 g/mol. The van der Waals surface area contributed by atoms with Crippen LogP contribution in [0.25, 0.3) is 0 Å². The van der Waals surface area contributed by atoms with Crippen LogP contribution in [0, 0.1) is 5.92 Å². The van der Waals surface area contributed by atoms with Gasteiger partial charge in [-0.25, -0.2) is 0 Å². The quantitative estimate of drug-likeness (QED) is 0.901. The molecule has 1 heterocycles. The van der Waals surface area contributed by atoms with Gasteiger partial charge in [-0.2, -0.15) is 0 Å². The van der Waals surface area contributed by atoms with Crippen LogP contribution in [0.5, 0.6) is 0 Å². The van der Waals surface area contributed by atoms with Crippen LogP contribution in [0.4, 0.5) is 0 Å². The fraction of sp³-hybridized carbons (Fsp3) is 0.462. The molecule has 0 bridgehead atoms. The van der Waals surface area contributed by atoms with Crippen molar-refractivity contribution in [2.45, 2.75) is 25.3 Å². The second-order valence-electron chi connectivity index (χ2n) is 4.92. The van der Waals surface area contributed by atoms with Crippen LogP contribution in [0.15, 0.2) is 28.7 Å². The topological polar surface area (TPSA) is 49.3 Å². The number of hydrogen-bond donors (Lipinski definition) is 2. The summed E-state index contributed by atoms with van der Waals surface area (Å²) in [6, 6.07) is 8.19. The van der Waals surface area contributed by atoms with E-state index in [1.165, 1.54) is 5.56 Å². The van der Waals surface area contributed by atoms with Crippen LogP contribution >= 0.6 is 15.9 Å². The molecule has 1 aliphatic heterocycles. The van der Waals surface area contributed by atoms with Crippen LogP contribution in [0.2, 0.25) is 0 Å². The second kappa shape index (κ2) is 4.78. The Kier molecular flexibility index (Phi) is 3.54. The number of hydrogen-bond acceptors (Lipinski definition) is 2. The molecule has 1 saturated heterocycles. The van der Waals surface area contributed by atoms with Gasteiger partial charge in [0.2, 0.25) is 0 Å². The fourth-order valence-corrected chi connectivity index (χ4v) is 2.84. The monoisotopic (exact) mass is 297 g/mol. The van der Waals surface area contributed by atoms with E-state index in [1.807, 2.05) is 12.1 Å². The van der Waals surface area contributed by atoms with Gasteiger partial charge in [0.15, 0.2) is 0 Å². The van der Waals surface area contributed by atoms with E-state index in [0.29, 0.717) is 12.3 Å². The summed E-state index contributed by atoms with van der Waals surface area (Å²) in [6.07, 6.45) is 1.62. The summed E-state index contributed by atoms with van der Waals surface area (Å²) in [5.41, 5.74) is 0.497. The summed E-state index contributed by atoms with van der Waals surface area (Å²) in [4.78, 5) is 11.1. The van der Waals surface area contributed by atoms with Crippen LogP contribution < -0.4 is 5.32 Å². The molecule has 92 valence electrons. The molecule has 2 unspecified atom stereocenters.